The molecule has 2 aromatic rings. The van der Waals surface area contributed by atoms with E-state index in [4.69, 9.17) is 13.7 Å². The van der Waals surface area contributed by atoms with Crippen molar-refractivity contribution in [1.82, 2.24) is 4.90 Å². The Morgan fingerprint density at radius 1 is 1.13 bits per heavy atom. The molecule has 1 aliphatic heterocycles. The molecule has 1 aliphatic rings. The van der Waals surface area contributed by atoms with Crippen LogP contribution in [-0.2, 0) is 30.4 Å². The van der Waals surface area contributed by atoms with Crippen molar-refractivity contribution in [2.75, 3.05) is 13.2 Å². The topological polar surface area (TPSA) is 82.1 Å². The number of carbonyl (C=O) groups is 1. The molecule has 0 radical (unpaired) electrons. The van der Waals surface area contributed by atoms with Crippen molar-refractivity contribution in [3.8, 4) is 0 Å². The summed E-state index contributed by atoms with van der Waals surface area (Å²) < 4.78 is 41.0. The summed E-state index contributed by atoms with van der Waals surface area (Å²) in [5.41, 5.74) is 1.08. The normalized spacial score (nSPS) is 18.2. The van der Waals surface area contributed by atoms with Gasteiger partial charge in [-0.25, -0.2) is 4.79 Å². The first-order valence-corrected chi connectivity index (χ1v) is 11.7. The van der Waals surface area contributed by atoms with Crippen LogP contribution in [0.1, 0.15) is 37.8 Å². The van der Waals surface area contributed by atoms with E-state index in [-0.39, 0.29) is 24.2 Å². The van der Waals surface area contributed by atoms with Gasteiger partial charge >= 0.3 is 6.09 Å². The highest BCUT2D eigenvalue weighted by Crippen LogP contribution is 2.30. The molecule has 0 aromatic heterocycles. The van der Waals surface area contributed by atoms with Gasteiger partial charge in [-0.3, -0.25) is 9.08 Å². The Balaban J connectivity index is 1.52. The molecule has 7 nitrogen and oxygen atoms in total. The predicted octanol–water partition coefficient (Wildman–Crippen LogP) is 4.25. The van der Waals surface area contributed by atoms with Crippen molar-refractivity contribution in [3.05, 3.63) is 65.7 Å². The second-order valence-electron chi connectivity index (χ2n) is 8.05. The Labute approximate surface area is 184 Å². The molecule has 1 amide bonds. The summed E-state index contributed by atoms with van der Waals surface area (Å²) in [7, 11) is -3.80. The first kappa shape index (κ1) is 23.2. The summed E-state index contributed by atoms with van der Waals surface area (Å²) in [5, 5.41) is 0. The lowest BCUT2D eigenvalue weighted by Crippen LogP contribution is -2.48. The molecule has 1 saturated heterocycles. The van der Waals surface area contributed by atoms with Gasteiger partial charge < -0.3 is 9.47 Å². The molecule has 0 N–H and O–H groups in total. The van der Waals surface area contributed by atoms with E-state index in [0.29, 0.717) is 19.4 Å². The average molecular weight is 448 g/mol. The van der Waals surface area contributed by atoms with E-state index in [1.165, 1.54) is 12.1 Å². The monoisotopic (exact) mass is 447 g/mol. The Bertz CT molecular complexity index is 973. The highest BCUT2D eigenvalue weighted by Gasteiger charge is 2.44. The highest BCUT2D eigenvalue weighted by atomic mass is 32.2. The van der Waals surface area contributed by atoms with Gasteiger partial charge in [0.25, 0.3) is 10.1 Å². The van der Waals surface area contributed by atoms with Crippen molar-refractivity contribution in [2.24, 2.45) is 0 Å². The van der Waals surface area contributed by atoms with Crippen LogP contribution in [-0.4, -0.2) is 44.4 Å². The molecule has 0 bridgehead atoms. The summed E-state index contributed by atoms with van der Waals surface area (Å²) >= 11 is 0. The standard InChI is InChI=1S/C23H29NO6S/c1-18-11-13-21(14-12-18)31(26,27)30-15-7-10-20-17-29-23(2,3)24(20)22(25)28-16-19-8-5-4-6-9-19/h4-6,8-9,11-14,20H,7,10,15-17H2,1-3H3/t20-/m1/s1. The third-order valence-electron chi connectivity index (χ3n) is 5.21. The third-order valence-corrected chi connectivity index (χ3v) is 6.53. The average Bonchev–Trinajstić information content (AvgIpc) is 3.04. The van der Waals surface area contributed by atoms with Crippen LogP contribution in [0.3, 0.4) is 0 Å². The van der Waals surface area contributed by atoms with Crippen molar-refractivity contribution >= 4 is 16.2 Å². The quantitative estimate of drug-likeness (QED) is 0.444. The van der Waals surface area contributed by atoms with Gasteiger partial charge in [0.05, 0.1) is 24.2 Å². The van der Waals surface area contributed by atoms with Crippen molar-refractivity contribution in [3.63, 3.8) is 0 Å². The smallest absolute Gasteiger partial charge is 0.412 e. The Morgan fingerprint density at radius 2 is 1.81 bits per heavy atom. The molecule has 2 aromatic carbocycles. The highest BCUT2D eigenvalue weighted by molar-refractivity contribution is 7.86. The van der Waals surface area contributed by atoms with Crippen molar-refractivity contribution in [2.45, 2.75) is 56.9 Å². The number of rotatable bonds is 8. The van der Waals surface area contributed by atoms with Crippen molar-refractivity contribution < 1.29 is 26.9 Å². The Hall–Kier alpha value is -2.42. The number of carbonyl (C=O) groups excluding carboxylic acids is 1. The van der Waals surface area contributed by atoms with Crippen LogP contribution < -0.4 is 0 Å². The number of nitrogens with zero attached hydrogens (tertiary/aromatic N) is 1. The zero-order valence-corrected chi connectivity index (χ0v) is 18.9. The lowest BCUT2D eigenvalue weighted by atomic mass is 10.1. The number of hydrogen-bond acceptors (Lipinski definition) is 6. The fraction of sp³-hybridized carbons (Fsp3) is 0.435. The minimum absolute atomic E-state index is 0.0278. The third kappa shape index (κ3) is 6.06. The molecule has 0 saturated carbocycles. The van der Waals surface area contributed by atoms with Crippen LogP contribution in [0.4, 0.5) is 4.79 Å². The van der Waals surface area contributed by atoms with Gasteiger partial charge in [0.2, 0.25) is 0 Å². The molecular weight excluding hydrogens is 418 g/mol. The van der Waals surface area contributed by atoms with E-state index < -0.39 is 21.9 Å². The summed E-state index contributed by atoms with van der Waals surface area (Å²) in [6.07, 6.45) is 0.537. The van der Waals surface area contributed by atoms with Crippen LogP contribution in [0.2, 0.25) is 0 Å². The van der Waals surface area contributed by atoms with E-state index in [0.717, 1.165) is 11.1 Å². The van der Waals surface area contributed by atoms with Gasteiger partial charge in [-0.2, -0.15) is 8.42 Å². The van der Waals surface area contributed by atoms with Gasteiger partial charge in [0, 0.05) is 0 Å². The maximum atomic E-state index is 12.7. The van der Waals surface area contributed by atoms with E-state index in [1.807, 2.05) is 51.1 Å². The first-order chi connectivity index (χ1) is 14.7. The minimum atomic E-state index is -3.80. The number of hydrogen-bond donors (Lipinski definition) is 0. The minimum Gasteiger partial charge on any atom is -0.444 e. The second kappa shape index (κ2) is 9.80. The van der Waals surface area contributed by atoms with Gasteiger partial charge in [-0.05, 0) is 51.3 Å². The first-order valence-electron chi connectivity index (χ1n) is 10.3. The van der Waals surface area contributed by atoms with Crippen LogP contribution in [0.25, 0.3) is 0 Å². The molecule has 1 atom stereocenters. The maximum Gasteiger partial charge on any atom is 0.412 e. The molecule has 8 heteroatoms. The molecule has 31 heavy (non-hydrogen) atoms. The summed E-state index contributed by atoms with van der Waals surface area (Å²) in [6, 6.07) is 15.8. The molecule has 0 spiro atoms. The lowest BCUT2D eigenvalue weighted by molar-refractivity contribution is -0.0495. The van der Waals surface area contributed by atoms with Crippen LogP contribution in [0, 0.1) is 6.92 Å². The van der Waals surface area contributed by atoms with Crippen LogP contribution in [0.15, 0.2) is 59.5 Å². The number of amides is 1. The molecule has 1 heterocycles. The molecule has 168 valence electrons. The maximum absolute atomic E-state index is 12.7. The summed E-state index contributed by atoms with van der Waals surface area (Å²) in [5.74, 6) is 0. The zero-order chi connectivity index (χ0) is 22.5. The van der Waals surface area contributed by atoms with Gasteiger partial charge in [0.1, 0.15) is 12.3 Å². The van der Waals surface area contributed by atoms with Gasteiger partial charge in [-0.15, -0.1) is 0 Å². The molecular formula is C23H29NO6S. The summed E-state index contributed by atoms with van der Waals surface area (Å²) in [4.78, 5) is 14.5. The van der Waals surface area contributed by atoms with Crippen LogP contribution in [0.5, 0.6) is 0 Å². The van der Waals surface area contributed by atoms with Crippen molar-refractivity contribution in [1.29, 1.82) is 0 Å². The van der Waals surface area contributed by atoms with E-state index in [9.17, 15) is 13.2 Å². The largest absolute Gasteiger partial charge is 0.444 e. The molecule has 0 unspecified atom stereocenters. The number of ether oxygens (including phenoxy) is 2. The predicted molar refractivity (Wildman–Crippen MR) is 116 cm³/mol. The number of benzene rings is 2. The molecule has 3 rings (SSSR count). The van der Waals surface area contributed by atoms with Crippen LogP contribution >= 0.6 is 0 Å². The zero-order valence-electron chi connectivity index (χ0n) is 18.1. The summed E-state index contributed by atoms with van der Waals surface area (Å²) in [6.45, 7) is 6.08. The van der Waals surface area contributed by atoms with Gasteiger partial charge in [0.15, 0.2) is 0 Å². The van der Waals surface area contributed by atoms with E-state index >= 15 is 0 Å². The second-order valence-corrected chi connectivity index (χ2v) is 9.67. The SMILES string of the molecule is Cc1ccc(S(=O)(=O)OCCC[C@@H]2COC(C)(C)N2C(=O)OCc2ccccc2)cc1. The fourth-order valence-corrected chi connectivity index (χ4v) is 4.46. The lowest BCUT2D eigenvalue weighted by Gasteiger charge is -2.32. The number of aryl methyl sites for hydroxylation is 1. The molecule has 0 aliphatic carbocycles. The molecule has 1 fully saturated rings. The van der Waals surface area contributed by atoms with E-state index in [1.54, 1.807) is 17.0 Å². The fourth-order valence-electron chi connectivity index (χ4n) is 3.51. The van der Waals surface area contributed by atoms with E-state index in [2.05, 4.69) is 0 Å². The Kier molecular flexibility index (Phi) is 7.35. The Morgan fingerprint density at radius 3 is 2.48 bits per heavy atom. The van der Waals surface area contributed by atoms with Gasteiger partial charge in [-0.1, -0.05) is 48.0 Å².